The fourth-order valence-corrected chi connectivity index (χ4v) is 2.10. The molecule has 0 spiro atoms. The predicted molar refractivity (Wildman–Crippen MR) is 78.7 cm³/mol. The van der Waals surface area contributed by atoms with Gasteiger partial charge < -0.3 is 9.88 Å². The molecule has 2 aromatic rings. The Kier molecular flexibility index (Phi) is 5.06. The van der Waals surface area contributed by atoms with E-state index in [0.29, 0.717) is 22.4 Å². The molecule has 0 aliphatic heterocycles. The molecule has 1 heterocycles. The van der Waals surface area contributed by atoms with Crippen LogP contribution >= 0.6 is 0 Å². The van der Waals surface area contributed by atoms with Crippen molar-refractivity contribution in [1.82, 2.24) is 9.88 Å². The van der Waals surface area contributed by atoms with Crippen LogP contribution in [0.2, 0.25) is 0 Å². The Labute approximate surface area is 134 Å². The maximum atomic E-state index is 12.9. The van der Waals surface area contributed by atoms with Crippen molar-refractivity contribution in [1.29, 1.82) is 0 Å². The maximum absolute atomic E-state index is 12.9. The van der Waals surface area contributed by atoms with E-state index in [1.807, 2.05) is 0 Å². The summed E-state index contributed by atoms with van der Waals surface area (Å²) >= 11 is 0. The molecule has 24 heavy (non-hydrogen) atoms. The van der Waals surface area contributed by atoms with Gasteiger partial charge in [-0.05, 0) is 30.7 Å². The van der Waals surface area contributed by atoms with Crippen molar-refractivity contribution in [3.8, 4) is 0 Å². The number of aromatic nitrogens is 1. The standard InChI is InChI=1S/C16H14F4N2O2/c1-10(11-2-5-13(17)6-3-11)21-14(23)9-22-8-12(16(18,19)20)4-7-15(22)24/h2-8,10H,9H2,1H3,(H,21,23)/t10-/m1/s1. The number of pyridine rings is 1. The molecule has 1 N–H and O–H groups in total. The van der Waals surface area contributed by atoms with Gasteiger partial charge in [-0.3, -0.25) is 9.59 Å². The molecule has 0 aliphatic rings. The summed E-state index contributed by atoms with van der Waals surface area (Å²) < 4.78 is 51.5. The van der Waals surface area contributed by atoms with Crippen LogP contribution in [0.4, 0.5) is 17.6 Å². The van der Waals surface area contributed by atoms with Gasteiger partial charge in [0.15, 0.2) is 0 Å². The zero-order chi connectivity index (χ0) is 17.9. The van der Waals surface area contributed by atoms with Crippen LogP contribution in [0.3, 0.4) is 0 Å². The summed E-state index contributed by atoms with van der Waals surface area (Å²) in [5.41, 5.74) is -1.10. The number of carbonyl (C=O) groups is 1. The Morgan fingerprint density at radius 3 is 2.38 bits per heavy atom. The van der Waals surface area contributed by atoms with Gasteiger partial charge in [-0.15, -0.1) is 0 Å². The SMILES string of the molecule is C[C@@H](NC(=O)Cn1cc(C(F)(F)F)ccc1=O)c1ccc(F)cc1. The topological polar surface area (TPSA) is 51.1 Å². The number of alkyl halides is 3. The number of hydrogen-bond donors (Lipinski definition) is 1. The number of hydrogen-bond acceptors (Lipinski definition) is 2. The van der Waals surface area contributed by atoms with E-state index in [4.69, 9.17) is 0 Å². The zero-order valence-electron chi connectivity index (χ0n) is 12.6. The van der Waals surface area contributed by atoms with Crippen molar-refractivity contribution in [3.63, 3.8) is 0 Å². The van der Waals surface area contributed by atoms with E-state index in [-0.39, 0.29) is 0 Å². The molecule has 0 aliphatic carbocycles. The maximum Gasteiger partial charge on any atom is 0.417 e. The molecule has 2 rings (SSSR count). The van der Waals surface area contributed by atoms with E-state index < -0.39 is 41.6 Å². The highest BCUT2D eigenvalue weighted by molar-refractivity contribution is 5.76. The van der Waals surface area contributed by atoms with E-state index in [1.54, 1.807) is 6.92 Å². The first-order valence-corrected chi connectivity index (χ1v) is 6.99. The minimum Gasteiger partial charge on any atom is -0.348 e. The number of amides is 1. The van der Waals surface area contributed by atoms with E-state index in [1.165, 1.54) is 24.3 Å². The Bertz CT molecular complexity index is 782. The lowest BCUT2D eigenvalue weighted by atomic mass is 10.1. The fraction of sp³-hybridized carbons (Fsp3) is 0.250. The summed E-state index contributed by atoms with van der Waals surface area (Å²) in [5.74, 6) is -1.05. The molecule has 1 aromatic carbocycles. The van der Waals surface area contributed by atoms with Crippen LogP contribution in [0.25, 0.3) is 0 Å². The number of carbonyl (C=O) groups excluding carboxylic acids is 1. The Morgan fingerprint density at radius 2 is 1.79 bits per heavy atom. The lowest BCUT2D eigenvalue weighted by molar-refractivity contribution is -0.138. The number of rotatable bonds is 4. The monoisotopic (exact) mass is 342 g/mol. The van der Waals surface area contributed by atoms with Crippen molar-refractivity contribution in [2.24, 2.45) is 0 Å². The summed E-state index contributed by atoms with van der Waals surface area (Å²) in [6.07, 6.45) is -4.00. The van der Waals surface area contributed by atoms with Gasteiger partial charge in [0, 0.05) is 12.3 Å². The number of nitrogens with zero attached hydrogens (tertiary/aromatic N) is 1. The highest BCUT2D eigenvalue weighted by atomic mass is 19.4. The smallest absolute Gasteiger partial charge is 0.348 e. The quantitative estimate of drug-likeness (QED) is 0.869. The Balaban J connectivity index is 2.09. The van der Waals surface area contributed by atoms with Crippen LogP contribution in [0.15, 0.2) is 47.4 Å². The minimum atomic E-state index is -4.60. The van der Waals surface area contributed by atoms with Gasteiger partial charge in [0.2, 0.25) is 5.91 Å². The minimum absolute atomic E-state index is 0.423. The average molecular weight is 342 g/mol. The largest absolute Gasteiger partial charge is 0.417 e. The first kappa shape index (κ1) is 17.7. The summed E-state index contributed by atoms with van der Waals surface area (Å²) in [7, 11) is 0. The fourth-order valence-electron chi connectivity index (χ4n) is 2.10. The van der Waals surface area contributed by atoms with Crippen molar-refractivity contribution in [2.45, 2.75) is 25.7 Å². The summed E-state index contributed by atoms with van der Waals surface area (Å²) in [6.45, 7) is 1.09. The Morgan fingerprint density at radius 1 is 1.17 bits per heavy atom. The molecular weight excluding hydrogens is 328 g/mol. The van der Waals surface area contributed by atoms with Crippen LogP contribution in [-0.2, 0) is 17.5 Å². The third-order valence-electron chi connectivity index (χ3n) is 3.37. The van der Waals surface area contributed by atoms with Gasteiger partial charge in [0.05, 0.1) is 11.6 Å². The number of halogens is 4. The lowest BCUT2D eigenvalue weighted by Gasteiger charge is -2.15. The van der Waals surface area contributed by atoms with Gasteiger partial charge in [-0.25, -0.2) is 4.39 Å². The van der Waals surface area contributed by atoms with E-state index in [0.717, 1.165) is 6.07 Å². The van der Waals surface area contributed by atoms with Crippen LogP contribution in [0.5, 0.6) is 0 Å². The van der Waals surface area contributed by atoms with Gasteiger partial charge in [-0.1, -0.05) is 12.1 Å². The molecule has 0 fully saturated rings. The molecule has 4 nitrogen and oxygen atoms in total. The second-order valence-corrected chi connectivity index (χ2v) is 5.22. The van der Waals surface area contributed by atoms with Crippen LogP contribution in [-0.4, -0.2) is 10.5 Å². The first-order valence-electron chi connectivity index (χ1n) is 6.99. The molecule has 8 heteroatoms. The lowest BCUT2D eigenvalue weighted by Crippen LogP contribution is -2.34. The van der Waals surface area contributed by atoms with Crippen LogP contribution in [0.1, 0.15) is 24.1 Å². The van der Waals surface area contributed by atoms with Crippen molar-refractivity contribution < 1.29 is 22.4 Å². The molecule has 1 atom stereocenters. The molecule has 0 unspecified atom stereocenters. The van der Waals surface area contributed by atoms with Gasteiger partial charge in [0.25, 0.3) is 5.56 Å². The molecular formula is C16H14F4N2O2. The predicted octanol–water partition coefficient (Wildman–Crippen LogP) is 2.88. The Hall–Kier alpha value is -2.64. The summed E-state index contributed by atoms with van der Waals surface area (Å²) in [6, 6.07) is 6.37. The molecule has 0 bridgehead atoms. The highest BCUT2D eigenvalue weighted by Crippen LogP contribution is 2.28. The van der Waals surface area contributed by atoms with Crippen molar-refractivity contribution >= 4 is 5.91 Å². The third-order valence-corrected chi connectivity index (χ3v) is 3.37. The van der Waals surface area contributed by atoms with Crippen LogP contribution < -0.4 is 10.9 Å². The summed E-state index contributed by atoms with van der Waals surface area (Å²) in [4.78, 5) is 23.6. The van der Waals surface area contributed by atoms with Crippen molar-refractivity contribution in [3.05, 3.63) is 69.9 Å². The molecule has 1 amide bonds. The first-order chi connectivity index (χ1) is 11.2. The van der Waals surface area contributed by atoms with Gasteiger partial charge in [0.1, 0.15) is 12.4 Å². The number of nitrogens with one attached hydrogen (secondary N) is 1. The zero-order valence-corrected chi connectivity index (χ0v) is 12.6. The molecule has 0 saturated heterocycles. The molecule has 1 aromatic heterocycles. The average Bonchev–Trinajstić information content (AvgIpc) is 2.48. The second kappa shape index (κ2) is 6.86. The van der Waals surface area contributed by atoms with Crippen LogP contribution in [0, 0.1) is 5.82 Å². The van der Waals surface area contributed by atoms with E-state index in [9.17, 15) is 27.2 Å². The second-order valence-electron chi connectivity index (χ2n) is 5.22. The molecule has 0 radical (unpaired) electrons. The molecule has 0 saturated carbocycles. The summed E-state index contributed by atoms with van der Waals surface area (Å²) in [5, 5.41) is 2.55. The third kappa shape index (κ3) is 4.43. The van der Waals surface area contributed by atoms with Crippen molar-refractivity contribution in [2.75, 3.05) is 0 Å². The number of benzene rings is 1. The highest BCUT2D eigenvalue weighted by Gasteiger charge is 2.31. The van der Waals surface area contributed by atoms with Gasteiger partial charge in [-0.2, -0.15) is 13.2 Å². The molecule has 128 valence electrons. The van der Waals surface area contributed by atoms with E-state index in [2.05, 4.69) is 5.32 Å². The van der Waals surface area contributed by atoms with E-state index >= 15 is 0 Å². The van der Waals surface area contributed by atoms with Gasteiger partial charge >= 0.3 is 6.18 Å². The normalized spacial score (nSPS) is 12.7.